The molecule has 6 nitrogen and oxygen atoms in total. The maximum Gasteiger partial charge on any atom is 0.252 e. The largest absolute Gasteiger partial charge is 0.349 e. The molecule has 0 bridgehead atoms. The van der Waals surface area contributed by atoms with E-state index in [0.29, 0.717) is 11.5 Å². The average Bonchev–Trinajstić information content (AvgIpc) is 3.29. The molecule has 0 spiro atoms. The van der Waals surface area contributed by atoms with Crippen molar-refractivity contribution in [3.8, 4) is 0 Å². The molecule has 1 fully saturated rings. The van der Waals surface area contributed by atoms with Gasteiger partial charge in [0.2, 0.25) is 0 Å². The van der Waals surface area contributed by atoms with Gasteiger partial charge in [-0.1, -0.05) is 30.3 Å². The molecular formula is C22H27N5O. The van der Waals surface area contributed by atoms with Crippen molar-refractivity contribution in [2.75, 3.05) is 13.1 Å². The summed E-state index contributed by atoms with van der Waals surface area (Å²) in [5, 5.41) is 8.28. The van der Waals surface area contributed by atoms with E-state index in [1.165, 1.54) is 5.56 Å². The van der Waals surface area contributed by atoms with Gasteiger partial charge < -0.3 is 5.32 Å². The fourth-order valence-corrected chi connectivity index (χ4v) is 4.09. The van der Waals surface area contributed by atoms with Crippen molar-refractivity contribution < 1.29 is 4.79 Å². The number of aromatic nitrogens is 3. The molecule has 0 aliphatic carbocycles. The van der Waals surface area contributed by atoms with Crippen LogP contribution in [0.2, 0.25) is 0 Å². The van der Waals surface area contributed by atoms with Gasteiger partial charge in [-0.05, 0) is 44.4 Å². The smallest absolute Gasteiger partial charge is 0.252 e. The summed E-state index contributed by atoms with van der Waals surface area (Å²) in [6.07, 6.45) is 2.82. The normalized spacial score (nSPS) is 18.5. The van der Waals surface area contributed by atoms with Gasteiger partial charge in [0.25, 0.3) is 5.91 Å². The Labute approximate surface area is 165 Å². The van der Waals surface area contributed by atoms with Gasteiger partial charge in [-0.2, -0.15) is 5.10 Å². The lowest BCUT2D eigenvalue weighted by Crippen LogP contribution is -2.39. The third-order valence-corrected chi connectivity index (χ3v) is 5.70. The fourth-order valence-electron chi connectivity index (χ4n) is 4.09. The van der Waals surface area contributed by atoms with E-state index in [9.17, 15) is 4.79 Å². The number of hydrogen-bond acceptors (Lipinski definition) is 4. The molecule has 146 valence electrons. The molecule has 28 heavy (non-hydrogen) atoms. The summed E-state index contributed by atoms with van der Waals surface area (Å²) in [4.78, 5) is 19.9. The van der Waals surface area contributed by atoms with Crippen molar-refractivity contribution in [3.05, 3.63) is 59.4 Å². The van der Waals surface area contributed by atoms with Crippen LogP contribution in [0.15, 0.2) is 42.6 Å². The number of benzene rings is 1. The summed E-state index contributed by atoms with van der Waals surface area (Å²) in [7, 11) is 1.85. The predicted molar refractivity (Wildman–Crippen MR) is 110 cm³/mol. The van der Waals surface area contributed by atoms with E-state index in [2.05, 4.69) is 51.5 Å². The first-order chi connectivity index (χ1) is 13.5. The van der Waals surface area contributed by atoms with Crippen molar-refractivity contribution in [2.45, 2.75) is 32.9 Å². The topological polar surface area (TPSA) is 63.1 Å². The molecule has 1 amide bonds. The zero-order chi connectivity index (χ0) is 19.7. The maximum atomic E-state index is 13.0. The third kappa shape index (κ3) is 3.78. The molecule has 1 aromatic carbocycles. The van der Waals surface area contributed by atoms with Gasteiger partial charge >= 0.3 is 0 Å². The second-order valence-corrected chi connectivity index (χ2v) is 7.85. The summed E-state index contributed by atoms with van der Waals surface area (Å²) in [6.45, 7) is 7.07. The van der Waals surface area contributed by atoms with Crippen LogP contribution in [0, 0.1) is 12.8 Å². The summed E-state index contributed by atoms with van der Waals surface area (Å²) in [5.41, 5.74) is 3.56. The van der Waals surface area contributed by atoms with E-state index >= 15 is 0 Å². The standard InChI is InChI=1S/C22H27N5O/c1-15-11-19(20-12-23-26(3)21(20)24-15)22(28)25-16(2)18-9-10-27(14-18)13-17-7-5-4-6-8-17/h4-8,11-12,16,18H,9-10,13-14H2,1-3H3,(H,25,28). The Morgan fingerprint density at radius 2 is 2.11 bits per heavy atom. The van der Waals surface area contributed by atoms with E-state index in [4.69, 9.17) is 0 Å². The van der Waals surface area contributed by atoms with Crippen molar-refractivity contribution >= 4 is 16.9 Å². The lowest BCUT2D eigenvalue weighted by atomic mass is 10.00. The summed E-state index contributed by atoms with van der Waals surface area (Å²) >= 11 is 0. The monoisotopic (exact) mass is 377 g/mol. The van der Waals surface area contributed by atoms with Gasteiger partial charge in [0.05, 0.1) is 17.1 Å². The quantitative estimate of drug-likeness (QED) is 0.743. The van der Waals surface area contributed by atoms with Crippen LogP contribution in [0.3, 0.4) is 0 Å². The Balaban J connectivity index is 1.41. The van der Waals surface area contributed by atoms with E-state index in [1.807, 2.05) is 26.1 Å². The molecule has 2 aromatic heterocycles. The van der Waals surface area contributed by atoms with Gasteiger partial charge in [0.1, 0.15) is 0 Å². The first-order valence-electron chi connectivity index (χ1n) is 9.88. The minimum absolute atomic E-state index is 0.0440. The molecular weight excluding hydrogens is 350 g/mol. The van der Waals surface area contributed by atoms with Crippen LogP contribution in [-0.4, -0.2) is 44.7 Å². The highest BCUT2D eigenvalue weighted by atomic mass is 16.1. The molecule has 1 N–H and O–H groups in total. The average molecular weight is 377 g/mol. The molecule has 6 heteroatoms. The Morgan fingerprint density at radius 1 is 1.32 bits per heavy atom. The first-order valence-corrected chi connectivity index (χ1v) is 9.88. The zero-order valence-electron chi connectivity index (χ0n) is 16.7. The first kappa shape index (κ1) is 18.6. The fraction of sp³-hybridized carbons (Fsp3) is 0.409. The molecule has 0 saturated carbocycles. The van der Waals surface area contributed by atoms with Crippen LogP contribution >= 0.6 is 0 Å². The van der Waals surface area contributed by atoms with Crippen LogP contribution in [-0.2, 0) is 13.6 Å². The second-order valence-electron chi connectivity index (χ2n) is 7.85. The van der Waals surface area contributed by atoms with Crippen LogP contribution in [0.5, 0.6) is 0 Å². The maximum absolute atomic E-state index is 13.0. The molecule has 0 radical (unpaired) electrons. The Morgan fingerprint density at radius 3 is 2.89 bits per heavy atom. The van der Waals surface area contributed by atoms with E-state index in [0.717, 1.165) is 42.8 Å². The van der Waals surface area contributed by atoms with Crippen LogP contribution in [0.25, 0.3) is 11.0 Å². The number of aryl methyl sites for hydroxylation is 2. The Bertz CT molecular complexity index is 981. The molecule has 2 unspecified atom stereocenters. The number of rotatable bonds is 5. The highest BCUT2D eigenvalue weighted by molar-refractivity contribution is 6.05. The molecule has 3 heterocycles. The number of hydrogen-bond donors (Lipinski definition) is 1. The number of pyridine rings is 1. The molecule has 1 aliphatic heterocycles. The lowest BCUT2D eigenvalue weighted by molar-refractivity contribution is 0.0928. The van der Waals surface area contributed by atoms with E-state index in [1.54, 1.807) is 10.9 Å². The van der Waals surface area contributed by atoms with Crippen molar-refractivity contribution in [3.63, 3.8) is 0 Å². The lowest BCUT2D eigenvalue weighted by Gasteiger charge is -2.22. The molecule has 1 aliphatic rings. The summed E-state index contributed by atoms with van der Waals surface area (Å²) < 4.78 is 1.71. The van der Waals surface area contributed by atoms with Gasteiger partial charge in [-0.25, -0.2) is 4.98 Å². The minimum Gasteiger partial charge on any atom is -0.349 e. The zero-order valence-corrected chi connectivity index (χ0v) is 16.7. The molecule has 4 rings (SSSR count). The second kappa shape index (κ2) is 7.72. The number of carbonyl (C=O) groups excluding carboxylic acids is 1. The van der Waals surface area contributed by atoms with Crippen LogP contribution in [0.4, 0.5) is 0 Å². The van der Waals surface area contributed by atoms with Crippen molar-refractivity contribution in [1.29, 1.82) is 0 Å². The SMILES string of the molecule is Cc1cc(C(=O)NC(C)C2CCN(Cc3ccccc3)C2)c2cnn(C)c2n1. The molecule has 2 atom stereocenters. The molecule has 1 saturated heterocycles. The van der Waals surface area contributed by atoms with Crippen molar-refractivity contribution in [1.82, 2.24) is 25.0 Å². The molecule has 3 aromatic rings. The predicted octanol–water partition coefficient (Wildman–Crippen LogP) is 2.92. The van der Waals surface area contributed by atoms with E-state index in [-0.39, 0.29) is 11.9 Å². The van der Waals surface area contributed by atoms with Gasteiger partial charge in [-0.15, -0.1) is 0 Å². The van der Waals surface area contributed by atoms with Crippen LogP contribution < -0.4 is 5.32 Å². The highest BCUT2D eigenvalue weighted by Gasteiger charge is 2.28. The van der Waals surface area contributed by atoms with Gasteiger partial charge in [0.15, 0.2) is 5.65 Å². The summed E-state index contributed by atoms with van der Waals surface area (Å²) in [6, 6.07) is 12.5. The van der Waals surface area contributed by atoms with Gasteiger partial charge in [0, 0.05) is 31.9 Å². The highest BCUT2D eigenvalue weighted by Crippen LogP contribution is 2.23. The number of carbonyl (C=O) groups is 1. The third-order valence-electron chi connectivity index (χ3n) is 5.70. The number of fused-ring (bicyclic) bond motifs is 1. The Hall–Kier alpha value is -2.73. The number of nitrogens with one attached hydrogen (secondary N) is 1. The number of nitrogens with zero attached hydrogens (tertiary/aromatic N) is 4. The Kier molecular flexibility index (Phi) is 5.13. The van der Waals surface area contributed by atoms with Crippen molar-refractivity contribution in [2.24, 2.45) is 13.0 Å². The van der Waals surface area contributed by atoms with E-state index < -0.39 is 0 Å². The van der Waals surface area contributed by atoms with Gasteiger partial charge in [-0.3, -0.25) is 14.4 Å². The van der Waals surface area contributed by atoms with Crippen LogP contribution in [0.1, 0.15) is 35.0 Å². The number of likely N-dealkylation sites (tertiary alicyclic amines) is 1. The number of amides is 1. The summed E-state index contributed by atoms with van der Waals surface area (Å²) in [5.74, 6) is 0.414. The minimum atomic E-state index is -0.0440.